The van der Waals surface area contributed by atoms with E-state index in [0.717, 1.165) is 23.1 Å². The van der Waals surface area contributed by atoms with Gasteiger partial charge in [0.2, 0.25) is 0 Å². The number of ketones is 1. The van der Waals surface area contributed by atoms with Crippen LogP contribution in [0.4, 0.5) is 0 Å². The molecule has 0 fully saturated rings. The van der Waals surface area contributed by atoms with Crippen molar-refractivity contribution in [2.24, 2.45) is 0 Å². The minimum atomic E-state index is -0.947. The number of benzene rings is 2. The molecule has 23 heavy (non-hydrogen) atoms. The summed E-state index contributed by atoms with van der Waals surface area (Å²) >= 11 is 0. The molecule has 0 aliphatic carbocycles. The van der Waals surface area contributed by atoms with Crippen LogP contribution in [0, 0.1) is 0 Å². The van der Waals surface area contributed by atoms with Crippen molar-refractivity contribution in [3.8, 4) is 0 Å². The van der Waals surface area contributed by atoms with Gasteiger partial charge in [-0.15, -0.1) is 0 Å². The predicted molar refractivity (Wildman–Crippen MR) is 91.4 cm³/mol. The number of allylic oxidation sites excluding steroid dienone is 1. The van der Waals surface area contributed by atoms with Gasteiger partial charge in [-0.05, 0) is 23.1 Å². The van der Waals surface area contributed by atoms with Gasteiger partial charge in [-0.3, -0.25) is 4.79 Å². The molecular weight excluding hydrogens is 288 g/mol. The van der Waals surface area contributed by atoms with E-state index in [4.69, 9.17) is 5.11 Å². The Morgan fingerprint density at radius 3 is 2.13 bits per heavy atom. The van der Waals surface area contributed by atoms with Gasteiger partial charge in [-0.2, -0.15) is 0 Å². The van der Waals surface area contributed by atoms with Crippen LogP contribution in [0.3, 0.4) is 0 Å². The average molecular weight is 308 g/mol. The second-order valence-electron chi connectivity index (χ2n) is 5.42. The second kappa shape index (κ2) is 8.08. The maximum absolute atomic E-state index is 12.3. The summed E-state index contributed by atoms with van der Waals surface area (Å²) in [5.41, 5.74) is 3.26. The Morgan fingerprint density at radius 2 is 1.57 bits per heavy atom. The summed E-state index contributed by atoms with van der Waals surface area (Å²) in [6.45, 7) is 2.01. The molecular formula is C20H20O3. The minimum Gasteiger partial charge on any atom is -0.478 e. The molecule has 3 heteroatoms. The Kier molecular flexibility index (Phi) is 5.87. The van der Waals surface area contributed by atoms with Crippen LogP contribution in [-0.2, 0) is 11.2 Å². The van der Waals surface area contributed by atoms with E-state index in [-0.39, 0.29) is 5.78 Å². The van der Waals surface area contributed by atoms with E-state index in [0.29, 0.717) is 18.4 Å². The van der Waals surface area contributed by atoms with Crippen LogP contribution < -0.4 is 0 Å². The molecule has 0 saturated heterocycles. The molecule has 0 saturated carbocycles. The summed E-state index contributed by atoms with van der Waals surface area (Å²) in [6, 6.07) is 16.8. The van der Waals surface area contributed by atoms with E-state index in [1.54, 1.807) is 12.1 Å². The first kappa shape index (κ1) is 16.7. The molecule has 2 rings (SSSR count). The molecule has 0 aliphatic heterocycles. The van der Waals surface area contributed by atoms with Crippen molar-refractivity contribution in [2.45, 2.75) is 26.2 Å². The molecule has 0 unspecified atom stereocenters. The van der Waals surface area contributed by atoms with Crippen molar-refractivity contribution in [3.05, 3.63) is 77.4 Å². The zero-order valence-corrected chi connectivity index (χ0v) is 13.2. The first-order chi connectivity index (χ1) is 11.1. The van der Waals surface area contributed by atoms with Crippen LogP contribution in [0.5, 0.6) is 0 Å². The van der Waals surface area contributed by atoms with Crippen LogP contribution in [0.1, 0.15) is 41.3 Å². The lowest BCUT2D eigenvalue weighted by Crippen LogP contribution is -2.03. The highest BCUT2D eigenvalue weighted by atomic mass is 16.4. The third-order valence-electron chi connectivity index (χ3n) is 3.60. The highest BCUT2D eigenvalue weighted by Crippen LogP contribution is 2.21. The lowest BCUT2D eigenvalue weighted by Gasteiger charge is -2.07. The summed E-state index contributed by atoms with van der Waals surface area (Å²) in [4.78, 5) is 23.2. The molecule has 0 heterocycles. The topological polar surface area (TPSA) is 54.4 Å². The van der Waals surface area contributed by atoms with E-state index in [2.05, 4.69) is 0 Å². The zero-order valence-electron chi connectivity index (χ0n) is 13.2. The molecule has 0 aliphatic rings. The Morgan fingerprint density at radius 1 is 0.957 bits per heavy atom. The number of carbonyl (C=O) groups excluding carboxylic acids is 1. The van der Waals surface area contributed by atoms with Gasteiger partial charge >= 0.3 is 5.97 Å². The van der Waals surface area contributed by atoms with Crippen molar-refractivity contribution in [3.63, 3.8) is 0 Å². The van der Waals surface area contributed by atoms with Crippen LogP contribution in [0.15, 0.2) is 60.7 Å². The molecule has 3 nitrogen and oxygen atoms in total. The number of carbonyl (C=O) groups is 2. The number of hydrogen-bond donors (Lipinski definition) is 1. The number of hydrogen-bond acceptors (Lipinski definition) is 2. The van der Waals surface area contributed by atoms with Gasteiger partial charge in [0.05, 0.1) is 0 Å². The summed E-state index contributed by atoms with van der Waals surface area (Å²) in [5.74, 6) is -0.889. The Hall–Kier alpha value is -2.68. The number of rotatable bonds is 7. The predicted octanol–water partition coefficient (Wildman–Crippen LogP) is 4.38. The summed E-state index contributed by atoms with van der Waals surface area (Å²) in [7, 11) is 0. The van der Waals surface area contributed by atoms with E-state index in [1.165, 1.54) is 6.08 Å². The average Bonchev–Trinajstić information content (AvgIpc) is 2.55. The highest BCUT2D eigenvalue weighted by molar-refractivity contribution is 5.98. The number of carboxylic acids is 1. The van der Waals surface area contributed by atoms with Crippen LogP contribution in [0.2, 0.25) is 0 Å². The largest absolute Gasteiger partial charge is 0.478 e. The third kappa shape index (κ3) is 4.92. The van der Waals surface area contributed by atoms with Gasteiger partial charge in [-0.25, -0.2) is 4.79 Å². The SMILES string of the molecule is CCCC(=CC(=O)O)c1ccc(C(=O)Cc2ccccc2)cc1. The lowest BCUT2D eigenvalue weighted by molar-refractivity contribution is -0.131. The first-order valence-corrected chi connectivity index (χ1v) is 7.71. The minimum absolute atomic E-state index is 0.0574. The molecule has 0 spiro atoms. The molecule has 0 radical (unpaired) electrons. The number of Topliss-reactive ketones (excluding diaryl/α,β-unsaturated/α-hetero) is 1. The van der Waals surface area contributed by atoms with Crippen LogP contribution in [0.25, 0.3) is 5.57 Å². The Labute approximate surface area is 136 Å². The van der Waals surface area contributed by atoms with Gasteiger partial charge < -0.3 is 5.11 Å². The van der Waals surface area contributed by atoms with Crippen molar-refractivity contribution in [1.82, 2.24) is 0 Å². The summed E-state index contributed by atoms with van der Waals surface area (Å²) < 4.78 is 0. The highest BCUT2D eigenvalue weighted by Gasteiger charge is 2.09. The molecule has 0 aromatic heterocycles. The molecule has 0 amide bonds. The fourth-order valence-corrected chi connectivity index (χ4v) is 2.47. The van der Waals surface area contributed by atoms with Gasteiger partial charge in [0.15, 0.2) is 5.78 Å². The maximum atomic E-state index is 12.3. The number of carboxylic acid groups (broad SMARTS) is 1. The van der Waals surface area contributed by atoms with E-state index >= 15 is 0 Å². The fourth-order valence-electron chi connectivity index (χ4n) is 2.47. The lowest BCUT2D eigenvalue weighted by atomic mass is 9.97. The molecule has 1 N–H and O–H groups in total. The molecule has 2 aromatic rings. The van der Waals surface area contributed by atoms with Crippen molar-refractivity contribution >= 4 is 17.3 Å². The van der Waals surface area contributed by atoms with Gasteiger partial charge in [0.25, 0.3) is 0 Å². The van der Waals surface area contributed by atoms with Gasteiger partial charge in [0.1, 0.15) is 0 Å². The first-order valence-electron chi connectivity index (χ1n) is 7.71. The molecule has 0 atom stereocenters. The van der Waals surface area contributed by atoms with E-state index in [1.807, 2.05) is 49.4 Å². The van der Waals surface area contributed by atoms with Gasteiger partial charge in [0, 0.05) is 18.1 Å². The zero-order chi connectivity index (χ0) is 16.7. The van der Waals surface area contributed by atoms with E-state index in [9.17, 15) is 9.59 Å². The van der Waals surface area contributed by atoms with Crippen molar-refractivity contribution < 1.29 is 14.7 Å². The van der Waals surface area contributed by atoms with E-state index < -0.39 is 5.97 Å². The Bertz CT molecular complexity index is 697. The second-order valence-corrected chi connectivity index (χ2v) is 5.42. The molecule has 118 valence electrons. The normalized spacial score (nSPS) is 11.3. The maximum Gasteiger partial charge on any atom is 0.328 e. The number of aliphatic carboxylic acids is 1. The third-order valence-corrected chi connectivity index (χ3v) is 3.60. The van der Waals surface area contributed by atoms with Crippen LogP contribution in [-0.4, -0.2) is 16.9 Å². The monoisotopic (exact) mass is 308 g/mol. The Balaban J connectivity index is 2.15. The smallest absolute Gasteiger partial charge is 0.328 e. The molecule has 2 aromatic carbocycles. The van der Waals surface area contributed by atoms with Gasteiger partial charge in [-0.1, -0.05) is 67.9 Å². The van der Waals surface area contributed by atoms with Crippen LogP contribution >= 0.6 is 0 Å². The van der Waals surface area contributed by atoms with Crippen molar-refractivity contribution in [2.75, 3.05) is 0 Å². The quantitative estimate of drug-likeness (QED) is 0.610. The molecule has 0 bridgehead atoms. The standard InChI is InChI=1S/C20H20O3/c1-2-6-18(14-20(22)23)16-9-11-17(12-10-16)19(21)13-15-7-4-3-5-8-15/h3-5,7-12,14H,2,6,13H2,1H3,(H,22,23). The fraction of sp³-hybridized carbons (Fsp3) is 0.200. The summed E-state index contributed by atoms with van der Waals surface area (Å²) in [5, 5.41) is 8.95. The van der Waals surface area contributed by atoms with Crippen molar-refractivity contribution in [1.29, 1.82) is 0 Å². The summed E-state index contributed by atoms with van der Waals surface area (Å²) in [6.07, 6.45) is 3.18.